The molecule has 194 valence electrons. The van der Waals surface area contributed by atoms with E-state index in [0.717, 1.165) is 25.9 Å². The first-order valence-corrected chi connectivity index (χ1v) is 14.0. The Balaban J connectivity index is 1.37. The summed E-state index contributed by atoms with van der Waals surface area (Å²) in [6.07, 6.45) is 5.75. The number of piperidine rings is 1. The SMILES string of the molecule is CC[C@@H]1CCCCN1CCCNC(=O)CN1C(=O)COc2ccc(S(=O)(=O)N3CCOCC3)cc21. The average Bonchev–Trinajstić information content (AvgIpc) is 2.88. The predicted molar refractivity (Wildman–Crippen MR) is 131 cm³/mol. The Morgan fingerprint density at radius 1 is 1.17 bits per heavy atom. The quantitative estimate of drug-likeness (QED) is 0.500. The van der Waals surface area contributed by atoms with Crippen LogP contribution in [0.3, 0.4) is 0 Å². The molecule has 2 amide bonds. The summed E-state index contributed by atoms with van der Waals surface area (Å²) in [6.45, 7) is 5.67. The fourth-order valence-corrected chi connectivity index (χ4v) is 6.41. The number of anilines is 1. The van der Waals surface area contributed by atoms with Gasteiger partial charge in [-0.3, -0.25) is 14.5 Å². The lowest BCUT2D eigenvalue weighted by Gasteiger charge is -2.35. The number of nitrogens with one attached hydrogen (secondary N) is 1. The molecule has 1 atom stereocenters. The third-order valence-electron chi connectivity index (χ3n) is 6.95. The number of nitrogens with zero attached hydrogens (tertiary/aromatic N) is 3. The second-order valence-electron chi connectivity index (χ2n) is 9.21. The molecule has 11 heteroatoms. The van der Waals surface area contributed by atoms with Crippen molar-refractivity contribution in [3.63, 3.8) is 0 Å². The van der Waals surface area contributed by atoms with Gasteiger partial charge in [0.1, 0.15) is 12.3 Å². The summed E-state index contributed by atoms with van der Waals surface area (Å²) in [5.74, 6) is -0.278. The minimum atomic E-state index is -3.75. The van der Waals surface area contributed by atoms with Gasteiger partial charge in [0.2, 0.25) is 15.9 Å². The number of rotatable bonds is 9. The molecule has 3 aliphatic heterocycles. The monoisotopic (exact) mass is 508 g/mol. The lowest BCUT2D eigenvalue weighted by molar-refractivity contribution is -0.125. The maximum atomic E-state index is 13.1. The van der Waals surface area contributed by atoms with Crippen LogP contribution in [0.4, 0.5) is 5.69 Å². The minimum absolute atomic E-state index is 0.0638. The van der Waals surface area contributed by atoms with Gasteiger partial charge in [0.05, 0.1) is 23.8 Å². The number of ether oxygens (including phenoxy) is 2. The highest BCUT2D eigenvalue weighted by molar-refractivity contribution is 7.89. The average molecular weight is 509 g/mol. The zero-order valence-corrected chi connectivity index (χ0v) is 21.2. The summed E-state index contributed by atoms with van der Waals surface area (Å²) in [6, 6.07) is 5.07. The normalized spacial score (nSPS) is 21.9. The van der Waals surface area contributed by atoms with Gasteiger partial charge in [-0.2, -0.15) is 4.31 Å². The van der Waals surface area contributed by atoms with E-state index >= 15 is 0 Å². The summed E-state index contributed by atoms with van der Waals surface area (Å²) in [5.41, 5.74) is 0.296. The van der Waals surface area contributed by atoms with Crippen LogP contribution >= 0.6 is 0 Å². The van der Waals surface area contributed by atoms with Crippen molar-refractivity contribution in [3.8, 4) is 5.75 Å². The number of carbonyl (C=O) groups is 2. The summed E-state index contributed by atoms with van der Waals surface area (Å²) >= 11 is 0. The first-order chi connectivity index (χ1) is 16.9. The number of carbonyl (C=O) groups excluding carboxylic acids is 2. The van der Waals surface area contributed by atoms with Crippen molar-refractivity contribution >= 4 is 27.5 Å². The maximum absolute atomic E-state index is 13.1. The molecular formula is C24H36N4O6S. The molecule has 0 bridgehead atoms. The van der Waals surface area contributed by atoms with E-state index in [1.165, 1.54) is 40.6 Å². The molecule has 3 aliphatic rings. The number of hydrogen-bond donors (Lipinski definition) is 1. The van der Waals surface area contributed by atoms with Crippen molar-refractivity contribution in [1.29, 1.82) is 0 Å². The molecule has 0 aliphatic carbocycles. The van der Waals surface area contributed by atoms with E-state index in [1.807, 2.05) is 0 Å². The first-order valence-electron chi connectivity index (χ1n) is 12.6. The highest BCUT2D eigenvalue weighted by Crippen LogP contribution is 2.35. The second-order valence-corrected chi connectivity index (χ2v) is 11.1. The summed E-state index contributed by atoms with van der Waals surface area (Å²) in [4.78, 5) is 29.1. The molecule has 4 rings (SSSR count). The van der Waals surface area contributed by atoms with Crippen LogP contribution in [0.5, 0.6) is 5.75 Å². The van der Waals surface area contributed by atoms with Crippen LogP contribution in [0.2, 0.25) is 0 Å². The number of hydrogen-bond acceptors (Lipinski definition) is 7. The molecule has 0 aromatic heterocycles. The lowest BCUT2D eigenvalue weighted by Crippen LogP contribution is -2.46. The van der Waals surface area contributed by atoms with Crippen molar-refractivity contribution in [2.45, 2.75) is 50.0 Å². The molecule has 35 heavy (non-hydrogen) atoms. The minimum Gasteiger partial charge on any atom is -0.482 e. The van der Waals surface area contributed by atoms with E-state index in [0.29, 0.717) is 37.2 Å². The number of amides is 2. The van der Waals surface area contributed by atoms with Crippen molar-refractivity contribution < 1.29 is 27.5 Å². The van der Waals surface area contributed by atoms with Crippen molar-refractivity contribution in [3.05, 3.63) is 18.2 Å². The number of sulfonamides is 1. The number of likely N-dealkylation sites (tertiary alicyclic amines) is 1. The standard InChI is InChI=1S/C24H36N4O6S/c1-2-19-6-3-4-10-26(19)11-5-9-25-23(29)17-28-21-16-20(7-8-22(21)34-18-24(28)30)35(31,32)27-12-14-33-15-13-27/h7-8,16,19H,2-6,9-15,17-18H2,1H3,(H,25,29)/t19-/m1/s1. The zero-order chi connectivity index (χ0) is 24.8. The number of morpholine rings is 1. The van der Waals surface area contributed by atoms with Crippen LogP contribution in [-0.2, 0) is 24.3 Å². The Labute approximate surface area is 207 Å². The molecular weight excluding hydrogens is 472 g/mol. The molecule has 2 fully saturated rings. The predicted octanol–water partition coefficient (Wildman–Crippen LogP) is 1.20. The molecule has 10 nitrogen and oxygen atoms in total. The number of benzene rings is 1. The fourth-order valence-electron chi connectivity index (χ4n) is 4.98. The van der Waals surface area contributed by atoms with Crippen LogP contribution in [0.25, 0.3) is 0 Å². The summed E-state index contributed by atoms with van der Waals surface area (Å²) in [5, 5.41) is 2.91. The van der Waals surface area contributed by atoms with E-state index in [-0.39, 0.29) is 43.0 Å². The highest BCUT2D eigenvalue weighted by Gasteiger charge is 2.32. The summed E-state index contributed by atoms with van der Waals surface area (Å²) in [7, 11) is -3.75. The zero-order valence-electron chi connectivity index (χ0n) is 20.4. The molecule has 1 aromatic rings. The Hall–Kier alpha value is -2.21. The van der Waals surface area contributed by atoms with E-state index < -0.39 is 10.0 Å². The van der Waals surface area contributed by atoms with Crippen molar-refractivity contribution in [2.75, 3.05) is 64.0 Å². The Morgan fingerprint density at radius 3 is 2.74 bits per heavy atom. The Bertz CT molecular complexity index is 1010. The van der Waals surface area contributed by atoms with Crippen LogP contribution in [0.15, 0.2) is 23.1 Å². The third kappa shape index (κ3) is 6.14. The van der Waals surface area contributed by atoms with Crippen LogP contribution < -0.4 is 15.0 Å². The van der Waals surface area contributed by atoms with Gasteiger partial charge in [0.15, 0.2) is 6.61 Å². The van der Waals surface area contributed by atoms with E-state index in [1.54, 1.807) is 6.07 Å². The van der Waals surface area contributed by atoms with E-state index in [2.05, 4.69) is 17.1 Å². The molecule has 1 aromatic carbocycles. The number of fused-ring (bicyclic) bond motifs is 1. The second kappa shape index (κ2) is 11.7. The topological polar surface area (TPSA) is 108 Å². The van der Waals surface area contributed by atoms with Gasteiger partial charge >= 0.3 is 0 Å². The van der Waals surface area contributed by atoms with E-state index in [9.17, 15) is 18.0 Å². The van der Waals surface area contributed by atoms with Gasteiger partial charge in [0.25, 0.3) is 5.91 Å². The molecule has 0 saturated carbocycles. The summed E-state index contributed by atoms with van der Waals surface area (Å²) < 4.78 is 38.3. The fraction of sp³-hybridized carbons (Fsp3) is 0.667. The van der Waals surface area contributed by atoms with E-state index in [4.69, 9.17) is 9.47 Å². The smallest absolute Gasteiger partial charge is 0.265 e. The molecule has 0 radical (unpaired) electrons. The van der Waals surface area contributed by atoms with Gasteiger partial charge < -0.3 is 19.7 Å². The van der Waals surface area contributed by atoms with Crippen LogP contribution in [0.1, 0.15) is 39.0 Å². The Kier molecular flexibility index (Phi) is 8.64. The van der Waals surface area contributed by atoms with Gasteiger partial charge in [0, 0.05) is 32.2 Å². The van der Waals surface area contributed by atoms with Gasteiger partial charge in [-0.1, -0.05) is 13.3 Å². The van der Waals surface area contributed by atoms with Crippen molar-refractivity contribution in [1.82, 2.24) is 14.5 Å². The molecule has 0 unspecified atom stereocenters. The lowest BCUT2D eigenvalue weighted by atomic mass is 10.00. The van der Waals surface area contributed by atoms with Crippen LogP contribution in [-0.4, -0.2) is 94.6 Å². The molecule has 1 N–H and O–H groups in total. The highest BCUT2D eigenvalue weighted by atomic mass is 32.2. The van der Waals surface area contributed by atoms with Gasteiger partial charge in [-0.25, -0.2) is 8.42 Å². The van der Waals surface area contributed by atoms with Crippen molar-refractivity contribution in [2.24, 2.45) is 0 Å². The first kappa shape index (κ1) is 25.9. The largest absolute Gasteiger partial charge is 0.482 e. The molecule has 3 heterocycles. The van der Waals surface area contributed by atoms with Crippen LogP contribution in [0, 0.1) is 0 Å². The Morgan fingerprint density at radius 2 is 1.97 bits per heavy atom. The van der Waals surface area contributed by atoms with Gasteiger partial charge in [-0.15, -0.1) is 0 Å². The third-order valence-corrected chi connectivity index (χ3v) is 8.84. The van der Waals surface area contributed by atoms with Gasteiger partial charge in [-0.05, 0) is 50.4 Å². The molecule has 2 saturated heterocycles. The molecule has 0 spiro atoms. The maximum Gasteiger partial charge on any atom is 0.265 e.